The van der Waals surface area contributed by atoms with Gasteiger partial charge in [0.1, 0.15) is 0 Å². The van der Waals surface area contributed by atoms with Crippen LogP contribution in [0.2, 0.25) is 0 Å². The second-order valence-electron chi connectivity index (χ2n) is 5.39. The monoisotopic (exact) mass is 364 g/mol. The van der Waals surface area contributed by atoms with Crippen LogP contribution < -0.4 is 9.62 Å². The van der Waals surface area contributed by atoms with Gasteiger partial charge in [0.15, 0.2) is 0 Å². The maximum atomic E-state index is 12.5. The maximum absolute atomic E-state index is 12.5. The molecule has 0 saturated heterocycles. The number of carbonyl (C=O) groups is 1. The van der Waals surface area contributed by atoms with Crippen LogP contribution in [0.5, 0.6) is 0 Å². The summed E-state index contributed by atoms with van der Waals surface area (Å²) in [7, 11) is -1.85. The van der Waals surface area contributed by atoms with Crippen LogP contribution in [-0.2, 0) is 10.0 Å². The molecule has 2 aromatic carbocycles. The van der Waals surface area contributed by atoms with Gasteiger partial charge in [0.05, 0.1) is 17.6 Å². The van der Waals surface area contributed by atoms with Gasteiger partial charge in [-0.05, 0) is 49.1 Å². The van der Waals surface area contributed by atoms with Crippen molar-refractivity contribution in [1.29, 1.82) is 0 Å². The summed E-state index contributed by atoms with van der Waals surface area (Å²) in [6.07, 6.45) is 3.09. The highest BCUT2D eigenvalue weighted by atomic mass is 32.2. The quantitative estimate of drug-likeness (QED) is 0.826. The molecular formula is C17H20N2O3S2. The van der Waals surface area contributed by atoms with Crippen molar-refractivity contribution in [1.82, 2.24) is 0 Å². The maximum Gasteiger partial charge on any atom is 0.255 e. The fourth-order valence-electron chi connectivity index (χ4n) is 2.27. The number of hydrogen-bond acceptors (Lipinski definition) is 4. The summed E-state index contributed by atoms with van der Waals surface area (Å²) in [6, 6.07) is 12.5. The number of benzene rings is 2. The number of sulfonamides is 1. The van der Waals surface area contributed by atoms with Gasteiger partial charge in [-0.15, -0.1) is 11.8 Å². The van der Waals surface area contributed by atoms with Crippen LogP contribution in [0.3, 0.4) is 0 Å². The topological polar surface area (TPSA) is 66.5 Å². The molecule has 0 radical (unpaired) electrons. The molecule has 0 aromatic heterocycles. The van der Waals surface area contributed by atoms with Gasteiger partial charge in [0.2, 0.25) is 10.0 Å². The minimum atomic E-state index is -3.34. The van der Waals surface area contributed by atoms with E-state index in [-0.39, 0.29) is 5.91 Å². The fourth-order valence-corrected chi connectivity index (χ4v) is 3.39. The van der Waals surface area contributed by atoms with E-state index in [0.29, 0.717) is 16.8 Å². The average Bonchev–Trinajstić information content (AvgIpc) is 2.53. The summed E-state index contributed by atoms with van der Waals surface area (Å²) in [5, 5.41) is 2.89. The molecule has 5 nitrogen and oxygen atoms in total. The van der Waals surface area contributed by atoms with Crippen LogP contribution in [0.1, 0.15) is 15.9 Å². The van der Waals surface area contributed by atoms with E-state index >= 15 is 0 Å². The highest BCUT2D eigenvalue weighted by Gasteiger charge is 2.16. The number of para-hydroxylation sites is 1. The first-order chi connectivity index (χ1) is 11.2. The average molecular weight is 364 g/mol. The molecule has 2 aromatic rings. The van der Waals surface area contributed by atoms with Crippen molar-refractivity contribution >= 4 is 39.1 Å². The molecule has 0 aliphatic heterocycles. The molecule has 0 aliphatic rings. The zero-order valence-corrected chi connectivity index (χ0v) is 15.7. The Hall–Kier alpha value is -1.99. The van der Waals surface area contributed by atoms with Gasteiger partial charge in [-0.1, -0.05) is 12.1 Å². The largest absolute Gasteiger partial charge is 0.321 e. The second-order valence-corrected chi connectivity index (χ2v) is 8.25. The molecule has 7 heteroatoms. The molecule has 0 fully saturated rings. The van der Waals surface area contributed by atoms with Crippen LogP contribution in [0.15, 0.2) is 47.4 Å². The van der Waals surface area contributed by atoms with Gasteiger partial charge in [0.25, 0.3) is 5.91 Å². The van der Waals surface area contributed by atoms with Crippen molar-refractivity contribution in [2.75, 3.05) is 29.2 Å². The Morgan fingerprint density at radius 3 is 2.42 bits per heavy atom. The van der Waals surface area contributed by atoms with E-state index < -0.39 is 10.0 Å². The van der Waals surface area contributed by atoms with E-state index in [2.05, 4.69) is 5.32 Å². The summed E-state index contributed by atoms with van der Waals surface area (Å²) in [6.45, 7) is 1.78. The molecule has 0 atom stereocenters. The van der Waals surface area contributed by atoms with Crippen molar-refractivity contribution in [2.24, 2.45) is 0 Å². The molecular weight excluding hydrogens is 344 g/mol. The predicted octanol–water partition coefficient (Wildman–Crippen LogP) is 3.37. The smallest absolute Gasteiger partial charge is 0.255 e. The summed E-state index contributed by atoms with van der Waals surface area (Å²) in [5.74, 6) is -0.229. The number of carbonyl (C=O) groups excluding carboxylic acids is 1. The van der Waals surface area contributed by atoms with Crippen molar-refractivity contribution in [3.05, 3.63) is 53.6 Å². The van der Waals surface area contributed by atoms with E-state index in [9.17, 15) is 13.2 Å². The number of amides is 1. The lowest BCUT2D eigenvalue weighted by atomic mass is 10.1. The Bertz CT molecular complexity index is 864. The Balaban J connectivity index is 2.27. The van der Waals surface area contributed by atoms with Gasteiger partial charge >= 0.3 is 0 Å². The van der Waals surface area contributed by atoms with Crippen LogP contribution in [0.25, 0.3) is 0 Å². The SMILES string of the molecule is CSc1ccccc1NC(=O)c1ccc(N(C)S(C)(=O)=O)c(C)c1. The van der Waals surface area contributed by atoms with Gasteiger partial charge < -0.3 is 5.32 Å². The Morgan fingerprint density at radius 2 is 1.83 bits per heavy atom. The summed E-state index contributed by atoms with van der Waals surface area (Å²) >= 11 is 1.56. The molecule has 0 spiro atoms. The van der Waals surface area contributed by atoms with Crippen LogP contribution in [0, 0.1) is 6.92 Å². The third-order valence-electron chi connectivity index (χ3n) is 3.65. The van der Waals surface area contributed by atoms with Crippen LogP contribution in [-0.4, -0.2) is 33.9 Å². The van der Waals surface area contributed by atoms with E-state index in [1.54, 1.807) is 36.9 Å². The van der Waals surface area contributed by atoms with Crippen LogP contribution in [0.4, 0.5) is 11.4 Å². The number of nitrogens with one attached hydrogen (secondary N) is 1. The molecule has 0 bridgehead atoms. The lowest BCUT2D eigenvalue weighted by molar-refractivity contribution is 0.102. The fraction of sp³-hybridized carbons (Fsp3) is 0.235. The van der Waals surface area contributed by atoms with E-state index in [1.807, 2.05) is 30.5 Å². The van der Waals surface area contributed by atoms with E-state index in [0.717, 1.165) is 16.8 Å². The molecule has 1 N–H and O–H groups in total. The van der Waals surface area contributed by atoms with Gasteiger partial charge in [-0.25, -0.2) is 8.42 Å². The molecule has 0 saturated carbocycles. The normalized spacial score (nSPS) is 11.2. The minimum absolute atomic E-state index is 0.229. The second kappa shape index (κ2) is 7.27. The summed E-state index contributed by atoms with van der Waals surface area (Å²) in [5.41, 5.74) is 2.51. The minimum Gasteiger partial charge on any atom is -0.321 e. The van der Waals surface area contributed by atoms with E-state index in [4.69, 9.17) is 0 Å². The lowest BCUT2D eigenvalue weighted by Crippen LogP contribution is -2.25. The molecule has 0 aliphatic carbocycles. The predicted molar refractivity (Wildman–Crippen MR) is 101 cm³/mol. The third-order valence-corrected chi connectivity index (χ3v) is 5.64. The van der Waals surface area contributed by atoms with Crippen molar-refractivity contribution in [2.45, 2.75) is 11.8 Å². The molecule has 128 valence electrons. The molecule has 2 rings (SSSR count). The zero-order chi connectivity index (χ0) is 17.9. The number of rotatable bonds is 5. The number of nitrogens with zero attached hydrogens (tertiary/aromatic N) is 1. The van der Waals surface area contributed by atoms with Gasteiger partial charge in [0, 0.05) is 17.5 Å². The van der Waals surface area contributed by atoms with Crippen molar-refractivity contribution in [3.8, 4) is 0 Å². The zero-order valence-electron chi connectivity index (χ0n) is 14.0. The Kier molecular flexibility index (Phi) is 5.56. The first-order valence-corrected chi connectivity index (χ1v) is 10.3. The third kappa shape index (κ3) is 4.10. The van der Waals surface area contributed by atoms with Crippen molar-refractivity contribution < 1.29 is 13.2 Å². The highest BCUT2D eigenvalue weighted by molar-refractivity contribution is 7.98. The molecule has 24 heavy (non-hydrogen) atoms. The summed E-state index contributed by atoms with van der Waals surface area (Å²) < 4.78 is 24.5. The number of anilines is 2. The standard InChI is InChI=1S/C17H20N2O3S2/c1-12-11-13(9-10-15(12)19(2)24(4,21)22)17(20)18-14-7-5-6-8-16(14)23-3/h5-11H,1-4H3,(H,18,20). The summed E-state index contributed by atoms with van der Waals surface area (Å²) in [4.78, 5) is 13.4. The van der Waals surface area contributed by atoms with Crippen molar-refractivity contribution in [3.63, 3.8) is 0 Å². The first-order valence-electron chi connectivity index (χ1n) is 7.23. The number of thioether (sulfide) groups is 1. The molecule has 0 heterocycles. The first kappa shape index (κ1) is 18.4. The van der Waals surface area contributed by atoms with Gasteiger partial charge in [-0.2, -0.15) is 0 Å². The molecule has 0 unspecified atom stereocenters. The molecule has 1 amide bonds. The Morgan fingerprint density at radius 1 is 1.17 bits per heavy atom. The number of aryl methyl sites for hydroxylation is 1. The Labute approximate surface area is 147 Å². The number of hydrogen-bond donors (Lipinski definition) is 1. The van der Waals surface area contributed by atoms with E-state index in [1.165, 1.54) is 11.4 Å². The lowest BCUT2D eigenvalue weighted by Gasteiger charge is -2.19. The highest BCUT2D eigenvalue weighted by Crippen LogP contribution is 2.26. The van der Waals surface area contributed by atoms with Crippen LogP contribution >= 0.6 is 11.8 Å². The van der Waals surface area contributed by atoms with Gasteiger partial charge in [-0.3, -0.25) is 9.10 Å².